The van der Waals surface area contributed by atoms with E-state index in [2.05, 4.69) is 11.4 Å². The molecule has 10 heteroatoms. The van der Waals surface area contributed by atoms with Crippen LogP contribution < -0.4 is 11.1 Å². The molecule has 2 aromatic rings. The number of carbonyl (C=O) groups is 3. The molecule has 4 rings (SSSR count). The SMILES string of the molecule is CC(=O)O[C@@H]1C[C@H](C(=O)Nc2cc(C(N)(CCC3CC3)c3cccc(C#N)c3)ccc2F)N(C(=O)OC(C)(C)C)C1. The van der Waals surface area contributed by atoms with Gasteiger partial charge in [0, 0.05) is 13.3 Å². The summed E-state index contributed by atoms with van der Waals surface area (Å²) in [7, 11) is 0. The van der Waals surface area contributed by atoms with Crippen molar-refractivity contribution in [3.8, 4) is 6.07 Å². The Kier molecular flexibility index (Phi) is 8.69. The van der Waals surface area contributed by atoms with Gasteiger partial charge in [0.25, 0.3) is 0 Å². The van der Waals surface area contributed by atoms with Gasteiger partial charge in [-0.25, -0.2) is 9.18 Å². The minimum absolute atomic E-state index is 0.0303. The number of likely N-dealkylation sites (tertiary alicyclic amines) is 1. The van der Waals surface area contributed by atoms with E-state index in [1.807, 2.05) is 6.07 Å². The number of carbonyl (C=O) groups excluding carboxylic acids is 3. The summed E-state index contributed by atoms with van der Waals surface area (Å²) in [6.07, 6.45) is 2.32. The van der Waals surface area contributed by atoms with Crippen LogP contribution in [0.3, 0.4) is 0 Å². The number of hydrogen-bond acceptors (Lipinski definition) is 7. The van der Waals surface area contributed by atoms with Crippen molar-refractivity contribution in [2.45, 2.75) is 83.1 Å². The molecule has 0 spiro atoms. The Bertz CT molecular complexity index is 1360. The van der Waals surface area contributed by atoms with Crippen molar-refractivity contribution in [1.29, 1.82) is 5.26 Å². The second kappa shape index (κ2) is 11.9. The van der Waals surface area contributed by atoms with Gasteiger partial charge in [0.05, 0.1) is 29.4 Å². The lowest BCUT2D eigenvalue weighted by molar-refractivity contribution is -0.145. The number of nitriles is 1. The van der Waals surface area contributed by atoms with Gasteiger partial charge in [-0.2, -0.15) is 5.26 Å². The molecule has 1 saturated heterocycles. The Hall–Kier alpha value is -3.97. The van der Waals surface area contributed by atoms with E-state index in [-0.39, 0.29) is 18.7 Å². The Morgan fingerprint density at radius 2 is 1.85 bits per heavy atom. The van der Waals surface area contributed by atoms with Crippen LogP contribution in [0.2, 0.25) is 0 Å². The number of anilines is 1. The van der Waals surface area contributed by atoms with E-state index in [1.165, 1.54) is 24.0 Å². The van der Waals surface area contributed by atoms with Crippen LogP contribution in [0.1, 0.15) is 76.5 Å². The number of rotatable bonds is 8. The fourth-order valence-corrected chi connectivity index (χ4v) is 5.16. The van der Waals surface area contributed by atoms with Gasteiger partial charge in [0.15, 0.2) is 0 Å². The highest BCUT2D eigenvalue weighted by Gasteiger charge is 2.43. The minimum Gasteiger partial charge on any atom is -0.461 e. The maximum Gasteiger partial charge on any atom is 0.411 e. The van der Waals surface area contributed by atoms with Gasteiger partial charge in [0.1, 0.15) is 23.6 Å². The van der Waals surface area contributed by atoms with Crippen LogP contribution >= 0.6 is 0 Å². The maximum absolute atomic E-state index is 15.1. The third-order valence-electron chi connectivity index (χ3n) is 7.42. The second-order valence-electron chi connectivity index (χ2n) is 11.9. The number of amides is 2. The van der Waals surface area contributed by atoms with Gasteiger partial charge >= 0.3 is 12.1 Å². The highest BCUT2D eigenvalue weighted by Crippen LogP contribution is 2.40. The Morgan fingerprint density at radius 1 is 1.15 bits per heavy atom. The Morgan fingerprint density at radius 3 is 2.49 bits per heavy atom. The monoisotopic (exact) mass is 564 g/mol. The number of hydrogen-bond donors (Lipinski definition) is 2. The lowest BCUT2D eigenvalue weighted by Crippen LogP contribution is -2.45. The van der Waals surface area contributed by atoms with Gasteiger partial charge in [-0.1, -0.05) is 31.0 Å². The van der Waals surface area contributed by atoms with E-state index in [9.17, 15) is 19.6 Å². The highest BCUT2D eigenvalue weighted by atomic mass is 19.1. The van der Waals surface area contributed by atoms with Crippen molar-refractivity contribution in [1.82, 2.24) is 4.90 Å². The average molecular weight is 565 g/mol. The van der Waals surface area contributed by atoms with Gasteiger partial charge < -0.3 is 20.5 Å². The summed E-state index contributed by atoms with van der Waals surface area (Å²) < 4.78 is 25.8. The van der Waals surface area contributed by atoms with Crippen molar-refractivity contribution in [2.24, 2.45) is 11.7 Å². The van der Waals surface area contributed by atoms with Crippen molar-refractivity contribution in [2.75, 3.05) is 11.9 Å². The molecule has 2 aromatic carbocycles. The van der Waals surface area contributed by atoms with Crippen LogP contribution in [0, 0.1) is 23.1 Å². The molecule has 2 amide bonds. The molecule has 41 heavy (non-hydrogen) atoms. The molecule has 1 heterocycles. The van der Waals surface area contributed by atoms with Crippen molar-refractivity contribution >= 4 is 23.7 Å². The number of esters is 1. The first-order valence-corrected chi connectivity index (χ1v) is 13.9. The van der Waals surface area contributed by atoms with Crippen molar-refractivity contribution in [3.63, 3.8) is 0 Å². The molecule has 3 atom stereocenters. The summed E-state index contributed by atoms with van der Waals surface area (Å²) in [5.41, 5.74) is 6.86. The molecule has 1 aliphatic carbocycles. The lowest BCUT2D eigenvalue weighted by Gasteiger charge is -2.32. The van der Waals surface area contributed by atoms with Gasteiger partial charge in [0.2, 0.25) is 5.91 Å². The molecule has 3 N–H and O–H groups in total. The third kappa shape index (κ3) is 7.41. The molecule has 1 unspecified atom stereocenters. The zero-order valence-electron chi connectivity index (χ0n) is 23.9. The zero-order valence-corrected chi connectivity index (χ0v) is 23.9. The molecule has 1 aliphatic heterocycles. The summed E-state index contributed by atoms with van der Waals surface area (Å²) >= 11 is 0. The Balaban J connectivity index is 1.62. The van der Waals surface area contributed by atoms with Gasteiger partial charge in [-0.3, -0.25) is 14.5 Å². The van der Waals surface area contributed by atoms with Crippen LogP contribution in [0.4, 0.5) is 14.9 Å². The maximum atomic E-state index is 15.1. The Labute approximate surface area is 239 Å². The molecule has 2 fully saturated rings. The first-order valence-electron chi connectivity index (χ1n) is 13.9. The average Bonchev–Trinajstić information content (AvgIpc) is 3.64. The minimum atomic E-state index is -1.05. The van der Waals surface area contributed by atoms with Crippen LogP contribution in [0.15, 0.2) is 42.5 Å². The van der Waals surface area contributed by atoms with Gasteiger partial charge in [-0.05, 0) is 74.9 Å². The molecule has 9 nitrogen and oxygen atoms in total. The standard InChI is InChI=1S/C31H37FN4O5/c1-19(37)40-24-16-27(36(18-24)29(39)41-30(2,3)4)28(38)35-26-15-23(10-11-25(26)32)31(34,13-12-20-8-9-20)22-7-5-6-21(14-22)17-33/h5-7,10-11,14-15,20,24,27H,8-9,12-13,16,18,34H2,1-4H3,(H,35,38)/t24-,27-,31?/m1/s1. The summed E-state index contributed by atoms with van der Waals surface area (Å²) in [4.78, 5) is 39.2. The van der Waals surface area contributed by atoms with Crippen LogP contribution in [0.5, 0.6) is 0 Å². The fourth-order valence-electron chi connectivity index (χ4n) is 5.16. The summed E-state index contributed by atoms with van der Waals surface area (Å²) in [5, 5.41) is 12.1. The molecule has 0 radical (unpaired) electrons. The molecule has 0 aromatic heterocycles. The second-order valence-corrected chi connectivity index (χ2v) is 11.9. The van der Waals surface area contributed by atoms with E-state index < -0.39 is 47.1 Å². The van der Waals surface area contributed by atoms with E-state index in [4.69, 9.17) is 15.2 Å². The van der Waals surface area contributed by atoms with Crippen molar-refractivity contribution in [3.05, 3.63) is 65.0 Å². The van der Waals surface area contributed by atoms with Crippen LogP contribution in [-0.4, -0.2) is 47.2 Å². The summed E-state index contributed by atoms with van der Waals surface area (Å²) in [6.45, 7) is 6.33. The highest BCUT2D eigenvalue weighted by molar-refractivity contribution is 5.97. The first-order chi connectivity index (χ1) is 19.3. The fraction of sp³-hybridized carbons (Fsp3) is 0.484. The molecular weight excluding hydrogens is 527 g/mol. The normalized spacial score (nSPS) is 20.1. The number of nitrogens with one attached hydrogen (secondary N) is 1. The largest absolute Gasteiger partial charge is 0.461 e. The topological polar surface area (TPSA) is 135 Å². The van der Waals surface area contributed by atoms with E-state index >= 15 is 4.39 Å². The summed E-state index contributed by atoms with van der Waals surface area (Å²) in [5.74, 6) is -1.27. The number of halogens is 1. The molecule has 218 valence electrons. The first kappa shape index (κ1) is 30.0. The van der Waals surface area contributed by atoms with E-state index in [1.54, 1.807) is 45.0 Å². The molecular formula is C31H37FN4O5. The number of nitrogens with two attached hydrogens (primary N) is 1. The zero-order chi connectivity index (χ0) is 29.9. The number of ether oxygens (including phenoxy) is 2. The van der Waals surface area contributed by atoms with Crippen molar-refractivity contribution < 1.29 is 28.2 Å². The number of nitrogens with zero attached hydrogens (tertiary/aromatic N) is 2. The predicted molar refractivity (Wildman–Crippen MR) is 150 cm³/mol. The molecule has 1 saturated carbocycles. The van der Waals surface area contributed by atoms with E-state index in [0.717, 1.165) is 24.8 Å². The molecule has 2 aliphatic rings. The lowest BCUT2D eigenvalue weighted by atomic mass is 9.79. The summed E-state index contributed by atoms with van der Waals surface area (Å²) in [6, 6.07) is 12.5. The van der Waals surface area contributed by atoms with Crippen LogP contribution in [-0.2, 0) is 24.6 Å². The quantitative estimate of drug-likeness (QED) is 0.432. The molecule has 0 bridgehead atoms. The third-order valence-corrected chi connectivity index (χ3v) is 7.42. The van der Waals surface area contributed by atoms with Gasteiger partial charge in [-0.15, -0.1) is 0 Å². The smallest absolute Gasteiger partial charge is 0.411 e. The predicted octanol–water partition coefficient (Wildman–Crippen LogP) is 4.97. The number of benzene rings is 2. The van der Waals surface area contributed by atoms with Crippen LogP contribution in [0.25, 0.3) is 0 Å². The van der Waals surface area contributed by atoms with E-state index in [0.29, 0.717) is 23.5 Å².